The molecule has 130 valence electrons. The Kier molecular flexibility index (Phi) is 4.80. The highest BCUT2D eigenvalue weighted by Crippen LogP contribution is 2.20. The van der Waals surface area contributed by atoms with E-state index in [0.29, 0.717) is 17.1 Å². The minimum atomic E-state index is -0.183. The Labute approximate surface area is 149 Å². The molecule has 0 bridgehead atoms. The first-order valence-corrected chi connectivity index (χ1v) is 8.75. The van der Waals surface area contributed by atoms with Crippen LogP contribution in [0.1, 0.15) is 47.1 Å². The zero-order valence-corrected chi connectivity index (χ0v) is 15.1. The van der Waals surface area contributed by atoms with Crippen molar-refractivity contribution in [2.24, 2.45) is 0 Å². The van der Waals surface area contributed by atoms with Crippen molar-refractivity contribution < 1.29 is 9.59 Å². The van der Waals surface area contributed by atoms with E-state index >= 15 is 0 Å². The van der Waals surface area contributed by atoms with Gasteiger partial charge in [-0.05, 0) is 24.3 Å². The zero-order chi connectivity index (χ0) is 18.0. The number of nitrogens with one attached hydrogen (secondary N) is 2. The summed E-state index contributed by atoms with van der Waals surface area (Å²) in [5, 5.41) is 13.9. The second-order valence-corrected chi connectivity index (χ2v) is 7.16. The highest BCUT2D eigenvalue weighted by Gasteiger charge is 2.13. The number of anilines is 1. The fourth-order valence-corrected chi connectivity index (χ4v) is 3.22. The van der Waals surface area contributed by atoms with Crippen molar-refractivity contribution in [2.45, 2.75) is 33.2 Å². The van der Waals surface area contributed by atoms with E-state index < -0.39 is 0 Å². The molecule has 3 heterocycles. The Bertz CT molecular complexity index is 928. The fourth-order valence-electron chi connectivity index (χ4n) is 2.38. The quantitative estimate of drug-likeness (QED) is 0.735. The van der Waals surface area contributed by atoms with E-state index in [4.69, 9.17) is 0 Å². The van der Waals surface area contributed by atoms with E-state index in [1.165, 1.54) is 18.3 Å². The van der Waals surface area contributed by atoms with Gasteiger partial charge in [0, 0.05) is 23.9 Å². The maximum atomic E-state index is 12.4. The molecule has 3 aromatic rings. The molecule has 2 N–H and O–H groups in total. The Morgan fingerprint density at radius 2 is 2.00 bits per heavy atom. The maximum Gasteiger partial charge on any atom is 0.265 e. The Morgan fingerprint density at radius 1 is 1.20 bits per heavy atom. The van der Waals surface area contributed by atoms with Crippen LogP contribution in [0.15, 0.2) is 30.5 Å². The Morgan fingerprint density at radius 3 is 2.72 bits per heavy atom. The summed E-state index contributed by atoms with van der Waals surface area (Å²) in [6.07, 6.45) is 1.83. The molecule has 0 aromatic carbocycles. The van der Waals surface area contributed by atoms with Crippen molar-refractivity contribution in [3.63, 3.8) is 0 Å². The summed E-state index contributed by atoms with van der Waals surface area (Å²) in [6.45, 7) is 5.99. The SMILES string of the molecule is CC(=O)NCc1ccc(C(=O)Nc2ccc3nnc(C(C)C)n3c2)s1. The number of carbonyl (C=O) groups excluding carboxylic acids is 2. The van der Waals surface area contributed by atoms with Crippen molar-refractivity contribution in [1.29, 1.82) is 0 Å². The minimum Gasteiger partial charge on any atom is -0.351 e. The number of aromatic nitrogens is 3. The van der Waals surface area contributed by atoms with Crippen molar-refractivity contribution in [2.75, 3.05) is 5.32 Å². The van der Waals surface area contributed by atoms with Gasteiger partial charge in [0.15, 0.2) is 5.65 Å². The summed E-state index contributed by atoms with van der Waals surface area (Å²) < 4.78 is 1.89. The third-order valence-corrected chi connectivity index (χ3v) is 4.68. The predicted octanol–water partition coefficient (Wildman–Crippen LogP) is 2.80. The number of rotatable bonds is 5. The lowest BCUT2D eigenvalue weighted by atomic mass is 10.2. The van der Waals surface area contributed by atoms with Crippen LogP contribution in [0.25, 0.3) is 5.65 Å². The molecule has 8 heteroatoms. The van der Waals surface area contributed by atoms with E-state index in [9.17, 15) is 9.59 Å². The van der Waals surface area contributed by atoms with Crippen LogP contribution >= 0.6 is 11.3 Å². The van der Waals surface area contributed by atoms with Gasteiger partial charge in [-0.2, -0.15) is 0 Å². The molecule has 3 aromatic heterocycles. The first-order valence-electron chi connectivity index (χ1n) is 7.93. The second kappa shape index (κ2) is 7.02. The average Bonchev–Trinajstić information content (AvgIpc) is 3.19. The van der Waals surface area contributed by atoms with Gasteiger partial charge in [0.1, 0.15) is 5.82 Å². The molecule has 3 rings (SSSR count). The summed E-state index contributed by atoms with van der Waals surface area (Å²) in [6, 6.07) is 7.23. The van der Waals surface area contributed by atoms with Gasteiger partial charge >= 0.3 is 0 Å². The van der Waals surface area contributed by atoms with Crippen LogP contribution in [-0.2, 0) is 11.3 Å². The zero-order valence-electron chi connectivity index (χ0n) is 14.2. The molecule has 0 aliphatic carbocycles. The standard InChI is InChI=1S/C17H19N5O2S/c1-10(2)16-21-20-15-7-4-12(9-22(15)16)19-17(24)14-6-5-13(25-14)8-18-11(3)23/h4-7,9-10H,8H2,1-3H3,(H,18,23)(H,19,24). The monoisotopic (exact) mass is 357 g/mol. The molecule has 7 nitrogen and oxygen atoms in total. The van der Waals surface area contributed by atoms with E-state index in [2.05, 4.69) is 20.8 Å². The van der Waals surface area contributed by atoms with E-state index in [0.717, 1.165) is 16.3 Å². The molecule has 0 spiro atoms. The first-order chi connectivity index (χ1) is 11.9. The summed E-state index contributed by atoms with van der Waals surface area (Å²) in [4.78, 5) is 24.9. The number of nitrogens with zero attached hydrogens (tertiary/aromatic N) is 3. The summed E-state index contributed by atoms with van der Waals surface area (Å²) in [5.41, 5.74) is 1.42. The number of pyridine rings is 1. The van der Waals surface area contributed by atoms with Gasteiger partial charge in [-0.1, -0.05) is 13.8 Å². The minimum absolute atomic E-state index is 0.0948. The Balaban J connectivity index is 1.75. The molecule has 0 aliphatic rings. The van der Waals surface area contributed by atoms with Gasteiger partial charge in [0.05, 0.1) is 17.1 Å². The second-order valence-electron chi connectivity index (χ2n) is 5.99. The number of amides is 2. The number of fused-ring (bicyclic) bond motifs is 1. The molecule has 25 heavy (non-hydrogen) atoms. The molecule has 0 unspecified atom stereocenters. The van der Waals surface area contributed by atoms with Crippen molar-refractivity contribution in [3.8, 4) is 0 Å². The molecule has 2 amide bonds. The molecular weight excluding hydrogens is 338 g/mol. The lowest BCUT2D eigenvalue weighted by Gasteiger charge is -2.07. The third-order valence-electron chi connectivity index (χ3n) is 3.60. The van der Waals surface area contributed by atoms with Crippen molar-refractivity contribution in [3.05, 3.63) is 46.0 Å². The Hall–Kier alpha value is -2.74. The first kappa shape index (κ1) is 17.1. The van der Waals surface area contributed by atoms with Crippen LogP contribution in [0.2, 0.25) is 0 Å². The van der Waals surface area contributed by atoms with E-state index in [1.807, 2.05) is 36.6 Å². The number of hydrogen-bond acceptors (Lipinski definition) is 5. The van der Waals surface area contributed by atoms with Crippen molar-refractivity contribution >= 4 is 34.5 Å². The highest BCUT2D eigenvalue weighted by molar-refractivity contribution is 7.14. The number of thiophene rings is 1. The molecule has 0 fully saturated rings. The fraction of sp³-hybridized carbons (Fsp3) is 0.294. The molecule has 0 radical (unpaired) electrons. The lowest BCUT2D eigenvalue weighted by molar-refractivity contribution is -0.119. The van der Waals surface area contributed by atoms with Crippen molar-refractivity contribution in [1.82, 2.24) is 19.9 Å². The van der Waals surface area contributed by atoms with Gasteiger partial charge < -0.3 is 10.6 Å². The molecule has 0 atom stereocenters. The molecule has 0 aliphatic heterocycles. The van der Waals surface area contributed by atoms with Gasteiger partial charge in [-0.25, -0.2) is 0 Å². The van der Waals surface area contributed by atoms with E-state index in [1.54, 1.807) is 12.1 Å². The van der Waals surface area contributed by atoms with Crippen LogP contribution in [0.4, 0.5) is 5.69 Å². The molecule has 0 saturated heterocycles. The highest BCUT2D eigenvalue weighted by atomic mass is 32.1. The maximum absolute atomic E-state index is 12.4. The smallest absolute Gasteiger partial charge is 0.265 e. The van der Waals surface area contributed by atoms with Gasteiger partial charge in [0.25, 0.3) is 5.91 Å². The van der Waals surface area contributed by atoms with Gasteiger partial charge in [-0.3, -0.25) is 14.0 Å². The van der Waals surface area contributed by atoms with Gasteiger partial charge in [-0.15, -0.1) is 21.5 Å². The molecular formula is C17H19N5O2S. The van der Waals surface area contributed by atoms with Crippen LogP contribution in [0.3, 0.4) is 0 Å². The molecule has 0 saturated carbocycles. The summed E-state index contributed by atoms with van der Waals surface area (Å²) in [5.74, 6) is 0.801. The van der Waals surface area contributed by atoms with Gasteiger partial charge in [0.2, 0.25) is 5.91 Å². The number of hydrogen-bond donors (Lipinski definition) is 2. The largest absolute Gasteiger partial charge is 0.351 e. The van der Waals surface area contributed by atoms with Crippen LogP contribution in [0.5, 0.6) is 0 Å². The predicted molar refractivity (Wildman–Crippen MR) is 96.9 cm³/mol. The normalized spacial score (nSPS) is 11.0. The van der Waals surface area contributed by atoms with Crippen LogP contribution < -0.4 is 10.6 Å². The summed E-state index contributed by atoms with van der Waals surface area (Å²) in [7, 11) is 0. The number of carbonyl (C=O) groups is 2. The topological polar surface area (TPSA) is 88.4 Å². The lowest BCUT2D eigenvalue weighted by Crippen LogP contribution is -2.18. The third kappa shape index (κ3) is 3.85. The van der Waals surface area contributed by atoms with Crippen LogP contribution in [0, 0.1) is 0 Å². The van der Waals surface area contributed by atoms with Crippen LogP contribution in [-0.4, -0.2) is 26.4 Å². The average molecular weight is 357 g/mol. The van der Waals surface area contributed by atoms with E-state index in [-0.39, 0.29) is 17.7 Å². The summed E-state index contributed by atoms with van der Waals surface area (Å²) >= 11 is 1.36.